The molecule has 0 aliphatic heterocycles. The van der Waals surface area contributed by atoms with E-state index in [-0.39, 0.29) is 22.7 Å². The Morgan fingerprint density at radius 1 is 1.19 bits per heavy atom. The van der Waals surface area contributed by atoms with Gasteiger partial charge >= 0.3 is 0 Å². The summed E-state index contributed by atoms with van der Waals surface area (Å²) < 4.78 is 16.2. The van der Waals surface area contributed by atoms with Crippen molar-refractivity contribution in [1.29, 1.82) is 0 Å². The van der Waals surface area contributed by atoms with Crippen molar-refractivity contribution >= 4 is 28.5 Å². The number of carbonyl (C=O) groups excluding carboxylic acids is 1. The summed E-state index contributed by atoms with van der Waals surface area (Å²) in [5, 5.41) is 7.38. The van der Waals surface area contributed by atoms with E-state index in [1.807, 2.05) is 31.2 Å². The Kier molecular flexibility index (Phi) is 5.81. The highest BCUT2D eigenvalue weighted by Crippen LogP contribution is 2.17. The van der Waals surface area contributed by atoms with E-state index < -0.39 is 11.7 Å². The Hall–Kier alpha value is -3.52. The van der Waals surface area contributed by atoms with Crippen LogP contribution in [-0.4, -0.2) is 31.8 Å². The van der Waals surface area contributed by atoms with Crippen LogP contribution in [0.5, 0.6) is 0 Å². The zero-order valence-corrected chi connectivity index (χ0v) is 17.4. The van der Waals surface area contributed by atoms with Gasteiger partial charge in [0, 0.05) is 6.54 Å². The Morgan fingerprint density at radius 2 is 1.97 bits per heavy atom. The van der Waals surface area contributed by atoms with Crippen LogP contribution in [0, 0.1) is 12.7 Å². The number of aromatic nitrogens is 4. The monoisotopic (exact) mass is 439 g/mol. The van der Waals surface area contributed by atoms with E-state index in [9.17, 15) is 14.0 Å². The fourth-order valence-corrected chi connectivity index (χ4v) is 3.46. The summed E-state index contributed by atoms with van der Waals surface area (Å²) >= 11 is 5.91. The molecule has 31 heavy (non-hydrogen) atoms. The van der Waals surface area contributed by atoms with Gasteiger partial charge in [-0.3, -0.25) is 14.2 Å². The van der Waals surface area contributed by atoms with Crippen LogP contribution in [0.2, 0.25) is 5.02 Å². The highest BCUT2D eigenvalue weighted by Gasteiger charge is 2.13. The number of aryl methyl sites for hydroxylation is 1. The molecule has 158 valence electrons. The van der Waals surface area contributed by atoms with Crippen LogP contribution in [0.1, 0.15) is 21.5 Å². The van der Waals surface area contributed by atoms with E-state index >= 15 is 0 Å². The maximum Gasteiger partial charge on any atom is 0.264 e. The lowest BCUT2D eigenvalue weighted by Crippen LogP contribution is -2.28. The van der Waals surface area contributed by atoms with Gasteiger partial charge in [-0.15, -0.1) is 0 Å². The predicted octanol–water partition coefficient (Wildman–Crippen LogP) is 3.17. The van der Waals surface area contributed by atoms with E-state index in [2.05, 4.69) is 15.4 Å². The van der Waals surface area contributed by atoms with Gasteiger partial charge in [0.2, 0.25) is 0 Å². The van der Waals surface area contributed by atoms with Gasteiger partial charge in [0.05, 0.1) is 29.9 Å². The molecule has 2 aromatic heterocycles. The summed E-state index contributed by atoms with van der Waals surface area (Å²) in [6, 6.07) is 11.5. The second-order valence-corrected chi connectivity index (χ2v) is 7.56. The average Bonchev–Trinajstić information content (AvgIpc) is 3.15. The number of nitrogens with one attached hydrogen (secondary N) is 1. The van der Waals surface area contributed by atoms with Gasteiger partial charge in [-0.05, 0) is 30.7 Å². The number of halogens is 2. The topological polar surface area (TPSA) is 81.8 Å². The van der Waals surface area contributed by atoms with Crippen LogP contribution in [0.25, 0.3) is 11.0 Å². The van der Waals surface area contributed by atoms with Crippen molar-refractivity contribution in [2.75, 3.05) is 6.54 Å². The fourth-order valence-electron chi connectivity index (χ4n) is 3.21. The first-order valence-corrected chi connectivity index (χ1v) is 10.00. The van der Waals surface area contributed by atoms with Crippen LogP contribution >= 0.6 is 11.6 Å². The molecule has 1 N–H and O–H groups in total. The van der Waals surface area contributed by atoms with Crippen molar-refractivity contribution in [3.8, 4) is 0 Å². The maximum atomic E-state index is 13.1. The molecule has 0 radical (unpaired) electrons. The molecule has 1 amide bonds. The molecule has 0 spiro atoms. The molecule has 2 heterocycles. The molecule has 0 atom stereocenters. The lowest BCUT2D eigenvalue weighted by Gasteiger charge is -2.08. The first-order valence-electron chi connectivity index (χ1n) is 9.62. The zero-order valence-electron chi connectivity index (χ0n) is 16.7. The Bertz CT molecular complexity index is 1310. The van der Waals surface area contributed by atoms with Crippen LogP contribution in [-0.2, 0) is 13.1 Å². The summed E-state index contributed by atoms with van der Waals surface area (Å²) in [6.07, 6.45) is 2.98. The maximum absolute atomic E-state index is 13.1. The Balaban J connectivity index is 1.45. The molecule has 0 aliphatic carbocycles. The van der Waals surface area contributed by atoms with Crippen molar-refractivity contribution < 1.29 is 9.18 Å². The molecule has 7 nitrogen and oxygen atoms in total. The molecule has 0 aliphatic rings. The van der Waals surface area contributed by atoms with Crippen LogP contribution < -0.4 is 10.9 Å². The number of nitrogens with zero attached hydrogens (tertiary/aromatic N) is 4. The Labute approximate surface area is 182 Å². The number of rotatable bonds is 6. The van der Waals surface area contributed by atoms with Crippen LogP contribution in [0.15, 0.2) is 59.8 Å². The number of hydrogen-bond acceptors (Lipinski definition) is 4. The summed E-state index contributed by atoms with van der Waals surface area (Å²) in [5.41, 5.74) is 2.60. The lowest BCUT2D eigenvalue weighted by atomic mass is 10.1. The zero-order chi connectivity index (χ0) is 22.0. The minimum Gasteiger partial charge on any atom is -0.350 e. The third-order valence-corrected chi connectivity index (χ3v) is 5.19. The average molecular weight is 440 g/mol. The summed E-state index contributed by atoms with van der Waals surface area (Å²) in [7, 11) is 0. The second kappa shape index (κ2) is 8.69. The van der Waals surface area contributed by atoms with E-state index in [4.69, 9.17) is 11.6 Å². The number of fused-ring (bicyclic) bond motifs is 1. The molecule has 0 fully saturated rings. The van der Waals surface area contributed by atoms with Gasteiger partial charge in [-0.2, -0.15) is 5.10 Å². The predicted molar refractivity (Wildman–Crippen MR) is 116 cm³/mol. The summed E-state index contributed by atoms with van der Waals surface area (Å²) in [5.74, 6) is -0.932. The third kappa shape index (κ3) is 4.49. The molecular formula is C22H19ClFN5O2. The number of benzene rings is 2. The van der Waals surface area contributed by atoms with Gasteiger partial charge in [0.15, 0.2) is 5.65 Å². The molecule has 0 saturated heterocycles. The fraction of sp³-hybridized carbons (Fsp3) is 0.182. The normalized spacial score (nSPS) is 11.1. The van der Waals surface area contributed by atoms with Crippen molar-refractivity contribution in [3.05, 3.63) is 92.9 Å². The molecule has 9 heteroatoms. The largest absolute Gasteiger partial charge is 0.350 e. The molecular weight excluding hydrogens is 421 g/mol. The van der Waals surface area contributed by atoms with Crippen molar-refractivity contribution in [1.82, 2.24) is 24.6 Å². The van der Waals surface area contributed by atoms with Crippen LogP contribution in [0.3, 0.4) is 0 Å². The molecule has 0 unspecified atom stereocenters. The van der Waals surface area contributed by atoms with E-state index in [0.717, 1.165) is 17.2 Å². The first-order chi connectivity index (χ1) is 14.9. The standard InChI is InChI=1S/C22H19ClFN5O2/c1-14-2-4-15(5-3-14)12-28-13-26-20-18(22(28)31)11-27-29(20)9-8-25-21(30)17-7-6-16(24)10-19(17)23/h2-7,10-11,13H,8-9,12H2,1H3,(H,25,30). The second-order valence-electron chi connectivity index (χ2n) is 7.15. The van der Waals surface area contributed by atoms with Gasteiger partial charge in [-0.1, -0.05) is 41.4 Å². The van der Waals surface area contributed by atoms with Crippen LogP contribution in [0.4, 0.5) is 4.39 Å². The number of amides is 1. The first kappa shape index (κ1) is 20.7. The van der Waals surface area contributed by atoms with E-state index in [1.165, 1.54) is 29.2 Å². The van der Waals surface area contributed by atoms with Gasteiger partial charge < -0.3 is 5.32 Å². The highest BCUT2D eigenvalue weighted by atomic mass is 35.5. The Morgan fingerprint density at radius 3 is 2.71 bits per heavy atom. The number of hydrogen-bond donors (Lipinski definition) is 1. The summed E-state index contributed by atoms with van der Waals surface area (Å²) in [4.78, 5) is 29.4. The van der Waals surface area contributed by atoms with Crippen molar-refractivity contribution in [2.45, 2.75) is 20.0 Å². The smallest absolute Gasteiger partial charge is 0.264 e. The molecule has 4 aromatic rings. The molecule has 2 aromatic carbocycles. The molecule has 4 rings (SSSR count). The van der Waals surface area contributed by atoms with Gasteiger partial charge in [0.1, 0.15) is 17.5 Å². The van der Waals surface area contributed by atoms with E-state index in [1.54, 1.807) is 4.68 Å². The van der Waals surface area contributed by atoms with Gasteiger partial charge in [-0.25, -0.2) is 14.1 Å². The SMILES string of the molecule is Cc1ccc(Cn2cnc3c(cnn3CCNC(=O)c3ccc(F)cc3Cl)c2=O)cc1. The van der Waals surface area contributed by atoms with E-state index in [0.29, 0.717) is 24.1 Å². The van der Waals surface area contributed by atoms with Gasteiger partial charge in [0.25, 0.3) is 11.5 Å². The minimum absolute atomic E-state index is 0.0397. The summed E-state index contributed by atoms with van der Waals surface area (Å²) in [6.45, 7) is 2.97. The van der Waals surface area contributed by atoms with Crippen molar-refractivity contribution in [2.24, 2.45) is 0 Å². The minimum atomic E-state index is -0.510. The molecule has 0 saturated carbocycles. The third-order valence-electron chi connectivity index (χ3n) is 4.88. The lowest BCUT2D eigenvalue weighted by molar-refractivity contribution is 0.0952. The van der Waals surface area contributed by atoms with Crippen molar-refractivity contribution in [3.63, 3.8) is 0 Å². The quantitative estimate of drug-likeness (QED) is 0.500. The molecule has 0 bridgehead atoms. The number of carbonyl (C=O) groups is 1. The highest BCUT2D eigenvalue weighted by molar-refractivity contribution is 6.33.